The molecule has 2 rings (SSSR count). The molecular formula is C16H9I. The molecule has 0 aromatic heterocycles. The lowest BCUT2D eigenvalue weighted by atomic mass is 10.2. The monoisotopic (exact) mass is 328 g/mol. The fourth-order valence-electron chi connectivity index (χ4n) is 1.26. The highest BCUT2D eigenvalue weighted by atomic mass is 127. The Hall–Kier alpha value is -1.71. The van der Waals surface area contributed by atoms with E-state index in [-0.39, 0.29) is 0 Å². The Kier molecular flexibility index (Phi) is 4.24. The molecule has 0 aliphatic rings. The molecule has 0 N–H and O–H groups in total. The summed E-state index contributed by atoms with van der Waals surface area (Å²) in [4.78, 5) is 0. The van der Waals surface area contributed by atoms with Crippen LogP contribution < -0.4 is 0 Å². The van der Waals surface area contributed by atoms with Crippen LogP contribution in [-0.2, 0) is 0 Å². The Morgan fingerprint density at radius 3 is 1.76 bits per heavy atom. The van der Waals surface area contributed by atoms with Crippen LogP contribution in [0.25, 0.3) is 0 Å². The average Bonchev–Trinajstić information content (AvgIpc) is 2.38. The first-order chi connectivity index (χ1) is 8.34. The number of rotatable bonds is 0. The van der Waals surface area contributed by atoms with Gasteiger partial charge in [-0.15, -0.1) is 0 Å². The number of hydrogen-bond donors (Lipinski definition) is 0. The second kappa shape index (κ2) is 6.13. The Morgan fingerprint density at radius 2 is 1.18 bits per heavy atom. The highest BCUT2D eigenvalue weighted by Crippen LogP contribution is 2.05. The summed E-state index contributed by atoms with van der Waals surface area (Å²) in [5, 5.41) is 0. The minimum Gasteiger partial charge on any atom is -0.0622 e. The summed E-state index contributed by atoms with van der Waals surface area (Å²) in [6.45, 7) is 0. The summed E-state index contributed by atoms with van der Waals surface area (Å²) in [5.74, 6) is 11.7. The van der Waals surface area contributed by atoms with Crippen LogP contribution in [0.1, 0.15) is 11.1 Å². The van der Waals surface area contributed by atoms with Crippen molar-refractivity contribution < 1.29 is 0 Å². The topological polar surface area (TPSA) is 0 Å². The standard InChI is InChI=1S/C16H9I/c17-16-12-10-15(11-13-16)9-5-4-8-14-6-2-1-3-7-14/h1-3,6-7,10-13H. The van der Waals surface area contributed by atoms with Gasteiger partial charge in [-0.25, -0.2) is 0 Å². The Morgan fingerprint density at radius 1 is 0.647 bits per heavy atom. The minimum absolute atomic E-state index is 0.990. The summed E-state index contributed by atoms with van der Waals surface area (Å²) in [7, 11) is 0. The molecule has 0 amide bonds. The van der Waals surface area contributed by atoms with Crippen molar-refractivity contribution in [2.75, 3.05) is 0 Å². The highest BCUT2D eigenvalue weighted by molar-refractivity contribution is 14.1. The lowest BCUT2D eigenvalue weighted by molar-refractivity contribution is 1.60. The Balaban J connectivity index is 2.09. The number of halogens is 1. The van der Waals surface area contributed by atoms with E-state index in [0.717, 1.165) is 11.1 Å². The van der Waals surface area contributed by atoms with Crippen LogP contribution in [-0.4, -0.2) is 0 Å². The molecule has 2 aromatic carbocycles. The summed E-state index contributed by atoms with van der Waals surface area (Å²) in [5.41, 5.74) is 1.98. The molecule has 0 unspecified atom stereocenters. The van der Waals surface area contributed by atoms with Crippen molar-refractivity contribution in [2.45, 2.75) is 0 Å². The smallest absolute Gasteiger partial charge is 0.0256 e. The molecule has 0 saturated carbocycles. The van der Waals surface area contributed by atoms with Crippen LogP contribution >= 0.6 is 22.6 Å². The van der Waals surface area contributed by atoms with Gasteiger partial charge in [0.1, 0.15) is 0 Å². The maximum Gasteiger partial charge on any atom is 0.0256 e. The number of hydrogen-bond acceptors (Lipinski definition) is 0. The van der Waals surface area contributed by atoms with Crippen molar-refractivity contribution >= 4 is 22.6 Å². The van der Waals surface area contributed by atoms with Crippen molar-refractivity contribution in [1.29, 1.82) is 0 Å². The van der Waals surface area contributed by atoms with Crippen molar-refractivity contribution in [3.8, 4) is 23.7 Å². The molecular weight excluding hydrogens is 319 g/mol. The molecule has 0 aliphatic carbocycles. The predicted octanol–water partition coefficient (Wildman–Crippen LogP) is 3.69. The van der Waals surface area contributed by atoms with Gasteiger partial charge in [0.15, 0.2) is 0 Å². The van der Waals surface area contributed by atoms with Gasteiger partial charge in [-0.1, -0.05) is 30.0 Å². The summed E-state index contributed by atoms with van der Waals surface area (Å²) in [6, 6.07) is 17.9. The first-order valence-electron chi connectivity index (χ1n) is 5.17. The molecule has 0 radical (unpaired) electrons. The van der Waals surface area contributed by atoms with Crippen LogP contribution in [0.4, 0.5) is 0 Å². The molecule has 17 heavy (non-hydrogen) atoms. The van der Waals surface area contributed by atoms with Crippen molar-refractivity contribution in [3.63, 3.8) is 0 Å². The maximum absolute atomic E-state index is 3.02. The SMILES string of the molecule is Ic1ccc(C#CC#Cc2ccccc2)cc1. The zero-order valence-corrected chi connectivity index (χ0v) is 11.2. The van der Waals surface area contributed by atoms with E-state index in [9.17, 15) is 0 Å². The first-order valence-corrected chi connectivity index (χ1v) is 6.25. The van der Waals surface area contributed by atoms with E-state index < -0.39 is 0 Å². The van der Waals surface area contributed by atoms with E-state index >= 15 is 0 Å². The molecule has 0 bridgehead atoms. The lowest BCUT2D eigenvalue weighted by Crippen LogP contribution is -1.74. The summed E-state index contributed by atoms with van der Waals surface area (Å²) in [6.07, 6.45) is 0. The van der Waals surface area contributed by atoms with E-state index in [1.165, 1.54) is 3.57 Å². The third kappa shape index (κ3) is 3.98. The molecule has 0 nitrogen and oxygen atoms in total. The zero-order chi connectivity index (χ0) is 11.9. The molecule has 0 saturated heterocycles. The summed E-state index contributed by atoms with van der Waals surface area (Å²) < 4.78 is 1.21. The van der Waals surface area contributed by atoms with E-state index in [1.807, 2.05) is 54.6 Å². The fraction of sp³-hybridized carbons (Fsp3) is 0. The van der Waals surface area contributed by atoms with Crippen molar-refractivity contribution in [2.24, 2.45) is 0 Å². The summed E-state index contributed by atoms with van der Waals surface area (Å²) >= 11 is 2.27. The van der Waals surface area contributed by atoms with E-state index in [0.29, 0.717) is 0 Å². The van der Waals surface area contributed by atoms with Gasteiger partial charge in [0, 0.05) is 14.7 Å². The van der Waals surface area contributed by atoms with Gasteiger partial charge in [0.05, 0.1) is 0 Å². The molecule has 0 heterocycles. The van der Waals surface area contributed by atoms with Gasteiger partial charge in [0.2, 0.25) is 0 Å². The van der Waals surface area contributed by atoms with Gasteiger partial charge < -0.3 is 0 Å². The first kappa shape index (κ1) is 11.8. The second-order valence-corrected chi connectivity index (χ2v) is 4.62. The average molecular weight is 328 g/mol. The number of benzene rings is 2. The van der Waals surface area contributed by atoms with Crippen LogP contribution in [0, 0.1) is 27.3 Å². The maximum atomic E-state index is 3.02. The van der Waals surface area contributed by atoms with Gasteiger partial charge >= 0.3 is 0 Å². The molecule has 80 valence electrons. The van der Waals surface area contributed by atoms with Gasteiger partial charge in [-0.3, -0.25) is 0 Å². The minimum atomic E-state index is 0.990. The fourth-order valence-corrected chi connectivity index (χ4v) is 1.62. The molecule has 0 aliphatic heterocycles. The van der Waals surface area contributed by atoms with Gasteiger partial charge in [-0.2, -0.15) is 0 Å². The van der Waals surface area contributed by atoms with Crippen LogP contribution in [0.5, 0.6) is 0 Å². The third-order valence-electron chi connectivity index (χ3n) is 2.09. The van der Waals surface area contributed by atoms with Gasteiger partial charge in [-0.05, 0) is 70.8 Å². The van der Waals surface area contributed by atoms with E-state index in [2.05, 4.69) is 46.3 Å². The van der Waals surface area contributed by atoms with Crippen LogP contribution in [0.3, 0.4) is 0 Å². The zero-order valence-electron chi connectivity index (χ0n) is 9.07. The molecule has 1 heteroatoms. The molecule has 2 aromatic rings. The van der Waals surface area contributed by atoms with E-state index in [4.69, 9.17) is 0 Å². The Bertz CT molecular complexity index is 602. The van der Waals surface area contributed by atoms with Crippen molar-refractivity contribution in [3.05, 3.63) is 69.3 Å². The van der Waals surface area contributed by atoms with E-state index in [1.54, 1.807) is 0 Å². The second-order valence-electron chi connectivity index (χ2n) is 3.37. The lowest BCUT2D eigenvalue weighted by Gasteiger charge is -1.88. The highest BCUT2D eigenvalue weighted by Gasteiger charge is 1.85. The predicted molar refractivity (Wildman–Crippen MR) is 79.4 cm³/mol. The Labute approximate surface area is 115 Å². The normalized spacial score (nSPS) is 8.53. The molecule has 0 atom stereocenters. The van der Waals surface area contributed by atoms with Crippen molar-refractivity contribution in [1.82, 2.24) is 0 Å². The van der Waals surface area contributed by atoms with Crippen LogP contribution in [0.15, 0.2) is 54.6 Å². The van der Waals surface area contributed by atoms with Crippen LogP contribution in [0.2, 0.25) is 0 Å². The van der Waals surface area contributed by atoms with Gasteiger partial charge in [0.25, 0.3) is 0 Å². The largest absolute Gasteiger partial charge is 0.0622 e. The molecule has 0 fully saturated rings. The third-order valence-corrected chi connectivity index (χ3v) is 2.81. The quantitative estimate of drug-likeness (QED) is 0.511. The molecule has 0 spiro atoms.